The highest BCUT2D eigenvalue weighted by Gasteiger charge is 2.28. The zero-order valence-electron chi connectivity index (χ0n) is 14.5. The SMILES string of the molecule is CC1NCCN(C(=O)CCC(=O)c2ccc3c(c2)CCC3)C1C.Cl. The predicted octanol–water partition coefficient (Wildman–Crippen LogP) is 2.77. The summed E-state index contributed by atoms with van der Waals surface area (Å²) < 4.78 is 0. The first-order valence-corrected chi connectivity index (χ1v) is 8.74. The summed E-state index contributed by atoms with van der Waals surface area (Å²) in [5.41, 5.74) is 3.45. The van der Waals surface area contributed by atoms with Crippen LogP contribution < -0.4 is 5.32 Å². The van der Waals surface area contributed by atoms with Crippen LogP contribution in [0.25, 0.3) is 0 Å². The van der Waals surface area contributed by atoms with Crippen LogP contribution in [0.4, 0.5) is 0 Å². The van der Waals surface area contributed by atoms with E-state index >= 15 is 0 Å². The highest BCUT2D eigenvalue weighted by atomic mass is 35.5. The third kappa shape index (κ3) is 3.98. The molecule has 0 aromatic heterocycles. The van der Waals surface area contributed by atoms with E-state index in [1.54, 1.807) is 0 Å². The third-order valence-electron chi connectivity index (χ3n) is 5.34. The van der Waals surface area contributed by atoms with E-state index in [0.29, 0.717) is 18.9 Å². The number of nitrogens with zero attached hydrogens (tertiary/aromatic N) is 1. The summed E-state index contributed by atoms with van der Waals surface area (Å²) in [5.74, 6) is 0.184. The Hall–Kier alpha value is -1.39. The summed E-state index contributed by atoms with van der Waals surface area (Å²) in [7, 11) is 0. The van der Waals surface area contributed by atoms with Gasteiger partial charge in [-0.25, -0.2) is 0 Å². The smallest absolute Gasteiger partial charge is 0.223 e. The summed E-state index contributed by atoms with van der Waals surface area (Å²) in [6.07, 6.45) is 4.01. The van der Waals surface area contributed by atoms with E-state index in [0.717, 1.165) is 31.5 Å². The van der Waals surface area contributed by atoms with Gasteiger partial charge in [-0.1, -0.05) is 12.1 Å². The molecular formula is C19H27ClN2O2. The lowest BCUT2D eigenvalue weighted by Gasteiger charge is -2.38. The van der Waals surface area contributed by atoms with Crippen LogP contribution in [0, 0.1) is 0 Å². The Labute approximate surface area is 150 Å². The number of amides is 1. The highest BCUT2D eigenvalue weighted by molar-refractivity contribution is 5.98. The maximum Gasteiger partial charge on any atom is 0.223 e. The van der Waals surface area contributed by atoms with Gasteiger partial charge in [-0.05, 0) is 50.3 Å². The molecule has 1 heterocycles. The van der Waals surface area contributed by atoms with Gasteiger partial charge in [-0.2, -0.15) is 0 Å². The number of carbonyl (C=O) groups is 2. The number of hydrogen-bond donors (Lipinski definition) is 1. The van der Waals surface area contributed by atoms with Gasteiger partial charge in [-0.15, -0.1) is 12.4 Å². The number of halogens is 1. The normalized spacial score (nSPS) is 22.7. The first-order valence-electron chi connectivity index (χ1n) is 8.74. The maximum atomic E-state index is 12.4. The molecule has 0 saturated carbocycles. The second kappa shape index (κ2) is 8.13. The zero-order chi connectivity index (χ0) is 16.4. The standard InChI is InChI=1S/C19H26N2O2.ClH/c1-13-14(2)21(11-10-20-13)19(23)9-8-18(22)17-7-6-15-4-3-5-16(15)12-17;/h6-7,12-14,20H,3-5,8-11H2,1-2H3;1H. The number of hydrogen-bond acceptors (Lipinski definition) is 3. The first kappa shape index (κ1) is 18.9. The minimum atomic E-state index is 0. The van der Waals surface area contributed by atoms with Crippen molar-refractivity contribution < 1.29 is 9.59 Å². The van der Waals surface area contributed by atoms with Crippen LogP contribution in [0.15, 0.2) is 18.2 Å². The Kier molecular flexibility index (Phi) is 6.41. The number of benzene rings is 1. The van der Waals surface area contributed by atoms with Gasteiger partial charge < -0.3 is 10.2 Å². The Bertz CT molecular complexity index is 617. The van der Waals surface area contributed by atoms with E-state index in [9.17, 15) is 9.59 Å². The largest absolute Gasteiger partial charge is 0.337 e. The molecule has 2 aliphatic rings. The average Bonchev–Trinajstić information content (AvgIpc) is 3.02. The van der Waals surface area contributed by atoms with E-state index < -0.39 is 0 Å². The number of fused-ring (bicyclic) bond motifs is 1. The minimum absolute atomic E-state index is 0. The van der Waals surface area contributed by atoms with Crippen LogP contribution >= 0.6 is 12.4 Å². The molecule has 2 unspecified atom stereocenters. The number of ketones is 1. The summed E-state index contributed by atoms with van der Waals surface area (Å²) in [4.78, 5) is 26.7. The van der Waals surface area contributed by atoms with Gasteiger partial charge in [0, 0.05) is 43.6 Å². The summed E-state index contributed by atoms with van der Waals surface area (Å²) in [5, 5.41) is 3.37. The van der Waals surface area contributed by atoms with Crippen LogP contribution in [0.2, 0.25) is 0 Å². The van der Waals surface area contributed by atoms with E-state index in [4.69, 9.17) is 0 Å². The van der Waals surface area contributed by atoms with Crippen LogP contribution in [0.5, 0.6) is 0 Å². The summed E-state index contributed by atoms with van der Waals surface area (Å²) >= 11 is 0. The zero-order valence-corrected chi connectivity index (χ0v) is 15.3. The molecule has 0 bridgehead atoms. The van der Waals surface area contributed by atoms with Crippen molar-refractivity contribution >= 4 is 24.1 Å². The third-order valence-corrected chi connectivity index (χ3v) is 5.34. The molecule has 3 rings (SSSR count). The molecule has 1 aliphatic heterocycles. The lowest BCUT2D eigenvalue weighted by atomic mass is 10.0. The number of aryl methyl sites for hydroxylation is 2. The van der Waals surface area contributed by atoms with Crippen LogP contribution in [-0.4, -0.2) is 41.8 Å². The highest BCUT2D eigenvalue weighted by Crippen LogP contribution is 2.23. The lowest BCUT2D eigenvalue weighted by molar-refractivity contribution is -0.134. The lowest BCUT2D eigenvalue weighted by Crippen LogP contribution is -2.57. The van der Waals surface area contributed by atoms with Gasteiger partial charge in [0.15, 0.2) is 5.78 Å². The molecule has 1 aromatic rings. The van der Waals surface area contributed by atoms with E-state index in [-0.39, 0.29) is 30.1 Å². The topological polar surface area (TPSA) is 49.4 Å². The van der Waals surface area contributed by atoms with Crippen molar-refractivity contribution in [3.8, 4) is 0 Å². The van der Waals surface area contributed by atoms with Gasteiger partial charge in [0.1, 0.15) is 0 Å². The molecule has 1 aromatic carbocycles. The van der Waals surface area contributed by atoms with Crippen molar-refractivity contribution in [3.63, 3.8) is 0 Å². The molecule has 132 valence electrons. The van der Waals surface area contributed by atoms with Crippen LogP contribution in [-0.2, 0) is 17.6 Å². The molecule has 0 spiro atoms. The Morgan fingerprint density at radius 2 is 1.92 bits per heavy atom. The molecule has 1 amide bonds. The van der Waals surface area contributed by atoms with Crippen molar-refractivity contribution in [2.45, 2.75) is 58.0 Å². The summed E-state index contributed by atoms with van der Waals surface area (Å²) in [6, 6.07) is 6.53. The molecule has 5 heteroatoms. The molecular weight excluding hydrogens is 324 g/mol. The van der Waals surface area contributed by atoms with E-state index in [2.05, 4.69) is 25.2 Å². The number of Topliss-reactive ketones (excluding diaryl/α,β-unsaturated/α-hetero) is 1. The quantitative estimate of drug-likeness (QED) is 0.849. The van der Waals surface area contributed by atoms with Crippen molar-refractivity contribution in [1.82, 2.24) is 10.2 Å². The van der Waals surface area contributed by atoms with E-state index in [1.165, 1.54) is 17.5 Å². The number of carbonyl (C=O) groups excluding carboxylic acids is 2. The number of rotatable bonds is 4. The number of nitrogens with one attached hydrogen (secondary N) is 1. The fourth-order valence-electron chi connectivity index (χ4n) is 3.66. The van der Waals surface area contributed by atoms with Gasteiger partial charge in [0.2, 0.25) is 5.91 Å². The molecule has 0 radical (unpaired) electrons. The summed E-state index contributed by atoms with van der Waals surface area (Å²) in [6.45, 7) is 5.73. The molecule has 4 nitrogen and oxygen atoms in total. The van der Waals surface area contributed by atoms with Crippen molar-refractivity contribution in [3.05, 3.63) is 34.9 Å². The monoisotopic (exact) mass is 350 g/mol. The Balaban J connectivity index is 0.00000208. The molecule has 2 atom stereocenters. The Morgan fingerprint density at radius 3 is 2.71 bits per heavy atom. The van der Waals surface area contributed by atoms with E-state index in [1.807, 2.05) is 17.0 Å². The van der Waals surface area contributed by atoms with Crippen LogP contribution in [0.3, 0.4) is 0 Å². The van der Waals surface area contributed by atoms with Crippen molar-refractivity contribution in [2.24, 2.45) is 0 Å². The molecule has 1 aliphatic carbocycles. The molecule has 1 N–H and O–H groups in total. The maximum absolute atomic E-state index is 12.4. The van der Waals surface area contributed by atoms with Crippen molar-refractivity contribution in [1.29, 1.82) is 0 Å². The molecule has 1 fully saturated rings. The Morgan fingerprint density at radius 1 is 1.17 bits per heavy atom. The van der Waals surface area contributed by atoms with Gasteiger partial charge >= 0.3 is 0 Å². The van der Waals surface area contributed by atoms with Crippen molar-refractivity contribution in [2.75, 3.05) is 13.1 Å². The number of piperazine rings is 1. The van der Waals surface area contributed by atoms with Gasteiger partial charge in [0.05, 0.1) is 0 Å². The van der Waals surface area contributed by atoms with Gasteiger partial charge in [-0.3, -0.25) is 9.59 Å². The van der Waals surface area contributed by atoms with Gasteiger partial charge in [0.25, 0.3) is 0 Å². The first-order chi connectivity index (χ1) is 11.1. The minimum Gasteiger partial charge on any atom is -0.337 e. The average molecular weight is 351 g/mol. The fourth-order valence-corrected chi connectivity index (χ4v) is 3.66. The fraction of sp³-hybridized carbons (Fsp3) is 0.579. The molecule has 1 saturated heterocycles. The second-order valence-electron chi connectivity index (χ2n) is 6.83. The molecule has 24 heavy (non-hydrogen) atoms. The van der Waals surface area contributed by atoms with Crippen LogP contribution in [0.1, 0.15) is 54.6 Å². The predicted molar refractivity (Wildman–Crippen MR) is 97.9 cm³/mol. The second-order valence-corrected chi connectivity index (χ2v) is 6.83.